The van der Waals surface area contributed by atoms with Gasteiger partial charge in [-0.3, -0.25) is 0 Å². The molecule has 0 N–H and O–H groups in total. The van der Waals surface area contributed by atoms with E-state index in [1.807, 2.05) is 27.7 Å². The molecule has 128 valence electrons. The average Bonchev–Trinajstić information content (AvgIpc) is 2.51. The SMILES string of the molecule is C=C[Si](OC)(OC)OC.CCO[Si](CC)(OCC)OCC. The minimum absolute atomic E-state index is 0.667. The van der Waals surface area contributed by atoms with Gasteiger partial charge in [-0.15, -0.1) is 0 Å². The van der Waals surface area contributed by atoms with E-state index in [4.69, 9.17) is 26.6 Å². The molecule has 0 heterocycles. The maximum atomic E-state index is 5.55. The highest BCUT2D eigenvalue weighted by Crippen LogP contribution is 2.14. The first-order valence-electron chi connectivity index (χ1n) is 7.19. The molecular formula is C13H32O6Si2. The van der Waals surface area contributed by atoms with Crippen molar-refractivity contribution in [2.24, 2.45) is 0 Å². The van der Waals surface area contributed by atoms with Crippen LogP contribution in [-0.4, -0.2) is 58.8 Å². The third-order valence-electron chi connectivity index (χ3n) is 2.63. The molecule has 21 heavy (non-hydrogen) atoms. The Morgan fingerprint density at radius 2 is 1.10 bits per heavy atom. The highest BCUT2D eigenvalue weighted by molar-refractivity contribution is 6.66. The Bertz CT molecular complexity index is 224. The Kier molecular flexibility index (Phi) is 15.0. The van der Waals surface area contributed by atoms with Crippen molar-refractivity contribution in [2.75, 3.05) is 41.2 Å². The first kappa shape index (κ1) is 23.2. The van der Waals surface area contributed by atoms with Crippen LogP contribution in [0.25, 0.3) is 0 Å². The van der Waals surface area contributed by atoms with Gasteiger partial charge in [-0.05, 0) is 26.5 Å². The molecule has 0 fully saturated rings. The Labute approximate surface area is 132 Å². The van der Waals surface area contributed by atoms with Crippen LogP contribution in [0.3, 0.4) is 0 Å². The standard InChI is InChI=1S/C8H20O3Si.C5H12O3Si/c1-5-9-12(8-4,10-6-2)11-7-3;1-5-9(6-2,7-3)8-4/h5-8H2,1-4H3;5H,1H2,2-4H3. The van der Waals surface area contributed by atoms with Crippen molar-refractivity contribution in [3.8, 4) is 0 Å². The summed E-state index contributed by atoms with van der Waals surface area (Å²) in [5, 5.41) is 0. The van der Waals surface area contributed by atoms with Crippen LogP contribution in [0.4, 0.5) is 0 Å². The van der Waals surface area contributed by atoms with Gasteiger partial charge in [0.15, 0.2) is 0 Å². The maximum absolute atomic E-state index is 5.55. The van der Waals surface area contributed by atoms with E-state index < -0.39 is 17.6 Å². The minimum atomic E-state index is -2.43. The van der Waals surface area contributed by atoms with Gasteiger partial charge >= 0.3 is 17.6 Å². The molecular weight excluding hydrogens is 308 g/mol. The predicted molar refractivity (Wildman–Crippen MR) is 88.1 cm³/mol. The molecule has 0 aliphatic carbocycles. The second kappa shape index (κ2) is 13.6. The van der Waals surface area contributed by atoms with Gasteiger partial charge in [0.25, 0.3) is 0 Å². The lowest BCUT2D eigenvalue weighted by atomic mass is 10.9. The normalized spacial score (nSPS) is 11.8. The largest absolute Gasteiger partial charge is 0.528 e. The molecule has 0 amide bonds. The summed E-state index contributed by atoms with van der Waals surface area (Å²) < 4.78 is 31.5. The molecule has 0 aliphatic rings. The molecule has 0 aromatic rings. The zero-order valence-corrected chi connectivity index (χ0v) is 16.6. The summed E-state index contributed by atoms with van der Waals surface area (Å²) in [6.07, 6.45) is 0. The monoisotopic (exact) mass is 340 g/mol. The molecule has 8 heteroatoms. The quantitative estimate of drug-likeness (QED) is 0.539. The summed E-state index contributed by atoms with van der Waals surface area (Å²) in [5.74, 6) is 0. The highest BCUT2D eigenvalue weighted by Gasteiger charge is 2.37. The van der Waals surface area contributed by atoms with E-state index in [1.54, 1.807) is 27.0 Å². The van der Waals surface area contributed by atoms with Gasteiger partial charge in [-0.1, -0.05) is 13.5 Å². The smallest absolute Gasteiger partial charge is 0.374 e. The molecule has 0 atom stereocenters. The summed E-state index contributed by atoms with van der Waals surface area (Å²) in [7, 11) is -0.0693. The Morgan fingerprint density at radius 1 is 0.762 bits per heavy atom. The third-order valence-corrected chi connectivity index (χ3v) is 7.89. The van der Waals surface area contributed by atoms with Crippen molar-refractivity contribution in [3.05, 3.63) is 12.3 Å². The van der Waals surface area contributed by atoms with Gasteiger partial charge in [0.05, 0.1) is 0 Å². The van der Waals surface area contributed by atoms with E-state index in [0.717, 1.165) is 6.04 Å². The second-order valence-electron chi connectivity index (χ2n) is 3.76. The molecule has 0 aliphatic heterocycles. The summed E-state index contributed by atoms with van der Waals surface area (Å²) in [6, 6.07) is 0.850. The zero-order chi connectivity index (χ0) is 16.8. The van der Waals surface area contributed by atoms with Gasteiger partial charge in [0.2, 0.25) is 0 Å². The van der Waals surface area contributed by atoms with Gasteiger partial charge in [0, 0.05) is 47.2 Å². The summed E-state index contributed by atoms with van der Waals surface area (Å²) in [5.41, 5.74) is 1.58. The first-order valence-corrected chi connectivity index (χ1v) is 10.9. The lowest BCUT2D eigenvalue weighted by Crippen LogP contribution is -2.45. The van der Waals surface area contributed by atoms with Crippen molar-refractivity contribution in [1.29, 1.82) is 0 Å². The molecule has 0 aromatic carbocycles. The van der Waals surface area contributed by atoms with Crippen LogP contribution >= 0.6 is 0 Å². The molecule has 0 radical (unpaired) electrons. The van der Waals surface area contributed by atoms with Crippen molar-refractivity contribution in [2.45, 2.75) is 33.7 Å². The van der Waals surface area contributed by atoms with Gasteiger partial charge < -0.3 is 26.6 Å². The van der Waals surface area contributed by atoms with E-state index in [1.165, 1.54) is 0 Å². The molecule has 0 bridgehead atoms. The van der Waals surface area contributed by atoms with E-state index in [2.05, 4.69) is 6.58 Å². The topological polar surface area (TPSA) is 55.4 Å². The highest BCUT2D eigenvalue weighted by atomic mass is 28.4. The lowest BCUT2D eigenvalue weighted by molar-refractivity contribution is 0.0725. The van der Waals surface area contributed by atoms with Gasteiger partial charge in [-0.25, -0.2) is 0 Å². The Balaban J connectivity index is 0. The van der Waals surface area contributed by atoms with E-state index in [-0.39, 0.29) is 0 Å². The van der Waals surface area contributed by atoms with Crippen molar-refractivity contribution >= 4 is 17.6 Å². The molecule has 0 spiro atoms. The second-order valence-corrected chi connectivity index (χ2v) is 9.53. The third kappa shape index (κ3) is 8.84. The predicted octanol–water partition coefficient (Wildman–Crippen LogP) is 2.64. The van der Waals surface area contributed by atoms with Crippen LogP contribution in [0, 0.1) is 0 Å². The van der Waals surface area contributed by atoms with Crippen LogP contribution in [-0.2, 0) is 26.6 Å². The van der Waals surface area contributed by atoms with E-state index in [0.29, 0.717) is 19.8 Å². The van der Waals surface area contributed by atoms with Crippen LogP contribution < -0.4 is 0 Å². The fourth-order valence-corrected chi connectivity index (χ4v) is 4.77. The van der Waals surface area contributed by atoms with Crippen LogP contribution in [0.2, 0.25) is 6.04 Å². The Morgan fingerprint density at radius 3 is 1.19 bits per heavy atom. The van der Waals surface area contributed by atoms with Crippen molar-refractivity contribution < 1.29 is 26.6 Å². The van der Waals surface area contributed by atoms with Gasteiger partial charge in [0.1, 0.15) is 0 Å². The van der Waals surface area contributed by atoms with Crippen molar-refractivity contribution in [1.82, 2.24) is 0 Å². The van der Waals surface area contributed by atoms with Crippen LogP contribution in [0.5, 0.6) is 0 Å². The summed E-state index contributed by atoms with van der Waals surface area (Å²) in [6.45, 7) is 13.5. The number of rotatable bonds is 11. The Hall–Kier alpha value is -0.0662. The molecule has 0 saturated carbocycles. The van der Waals surface area contributed by atoms with E-state index >= 15 is 0 Å². The fraction of sp³-hybridized carbons (Fsp3) is 0.846. The molecule has 0 saturated heterocycles. The average molecular weight is 341 g/mol. The molecule has 0 unspecified atom stereocenters. The zero-order valence-electron chi connectivity index (χ0n) is 14.6. The van der Waals surface area contributed by atoms with Crippen LogP contribution in [0.1, 0.15) is 27.7 Å². The maximum Gasteiger partial charge on any atom is 0.528 e. The van der Waals surface area contributed by atoms with Crippen molar-refractivity contribution in [3.63, 3.8) is 0 Å². The fourth-order valence-electron chi connectivity index (χ4n) is 1.59. The van der Waals surface area contributed by atoms with E-state index in [9.17, 15) is 0 Å². The minimum Gasteiger partial charge on any atom is -0.374 e. The number of hydrogen-bond acceptors (Lipinski definition) is 6. The summed E-state index contributed by atoms with van der Waals surface area (Å²) >= 11 is 0. The summed E-state index contributed by atoms with van der Waals surface area (Å²) in [4.78, 5) is 0. The molecule has 0 aromatic heterocycles. The number of hydrogen-bond donors (Lipinski definition) is 0. The molecule has 6 nitrogen and oxygen atoms in total. The lowest BCUT2D eigenvalue weighted by Gasteiger charge is -2.26. The van der Waals surface area contributed by atoms with Crippen LogP contribution in [0.15, 0.2) is 12.3 Å². The molecule has 0 rings (SSSR count). The first-order chi connectivity index (χ1) is 9.99. The van der Waals surface area contributed by atoms with Gasteiger partial charge in [-0.2, -0.15) is 0 Å².